The van der Waals surface area contributed by atoms with Gasteiger partial charge in [0, 0.05) is 0 Å². The van der Waals surface area contributed by atoms with Crippen molar-refractivity contribution in [2.75, 3.05) is 0 Å². The lowest BCUT2D eigenvalue weighted by molar-refractivity contribution is -0.154. The predicted octanol–water partition coefficient (Wildman–Crippen LogP) is 0.962. The fraction of sp³-hybridized carbons (Fsp3) is 0.400. The van der Waals surface area contributed by atoms with Gasteiger partial charge in [-0.1, -0.05) is 24.3 Å². The highest BCUT2D eigenvalue weighted by atomic mass is 16.6. The zero-order valence-corrected chi connectivity index (χ0v) is 6.95. The molecule has 2 aliphatic carbocycles. The van der Waals surface area contributed by atoms with Gasteiger partial charge in [-0.3, -0.25) is 9.59 Å². The fourth-order valence-corrected chi connectivity index (χ4v) is 2.46. The largest absolute Gasteiger partial charge is 0.392 e. The van der Waals surface area contributed by atoms with Gasteiger partial charge in [0.1, 0.15) is 10.8 Å². The summed E-state index contributed by atoms with van der Waals surface area (Å²) in [5.74, 6) is -0.742. The molecule has 2 unspecified atom stereocenters. The summed E-state index contributed by atoms with van der Waals surface area (Å²) in [6.45, 7) is 0. The molecule has 0 aromatic rings. The first-order valence-electron chi connectivity index (χ1n) is 4.33. The molecule has 1 aliphatic heterocycles. The van der Waals surface area contributed by atoms with Gasteiger partial charge >= 0.3 is 11.9 Å². The second kappa shape index (κ2) is 1.76. The number of rotatable bonds is 0. The van der Waals surface area contributed by atoms with Gasteiger partial charge in [-0.2, -0.15) is 0 Å². The molecule has 0 N–H and O–H groups in total. The van der Waals surface area contributed by atoms with E-state index in [1.165, 1.54) is 0 Å². The number of hydrogen-bond donors (Lipinski definition) is 0. The van der Waals surface area contributed by atoms with E-state index in [2.05, 4.69) is 0 Å². The molecule has 66 valence electrons. The molecule has 0 aromatic heterocycles. The van der Waals surface area contributed by atoms with Gasteiger partial charge in [0.25, 0.3) is 0 Å². The van der Waals surface area contributed by atoms with E-state index in [9.17, 15) is 9.59 Å². The topological polar surface area (TPSA) is 43.4 Å². The Bertz CT molecular complexity index is 346. The van der Waals surface area contributed by atoms with Crippen molar-refractivity contribution in [3.8, 4) is 0 Å². The van der Waals surface area contributed by atoms with Crippen LogP contribution in [0.1, 0.15) is 12.8 Å². The van der Waals surface area contributed by atoms with E-state index in [0.717, 1.165) is 0 Å². The molecule has 0 amide bonds. The Balaban J connectivity index is 2.24. The lowest BCUT2D eigenvalue weighted by atomic mass is 9.52. The number of hydrogen-bond acceptors (Lipinski definition) is 3. The van der Waals surface area contributed by atoms with Crippen molar-refractivity contribution >= 4 is 11.9 Å². The first-order chi connectivity index (χ1) is 6.21. The monoisotopic (exact) mass is 176 g/mol. The Kier molecular flexibility index (Phi) is 0.957. The van der Waals surface area contributed by atoms with E-state index in [-0.39, 0.29) is 11.9 Å². The molecular formula is C10H8O3. The minimum absolute atomic E-state index is 0.371. The second-order valence-electron chi connectivity index (χ2n) is 3.83. The molecule has 0 bridgehead atoms. The first kappa shape index (κ1) is 7.06. The summed E-state index contributed by atoms with van der Waals surface area (Å²) in [6.07, 6.45) is 8.72. The maximum Gasteiger partial charge on any atom is 0.325 e. The number of allylic oxidation sites excluding steroid dienone is 2. The quantitative estimate of drug-likeness (QED) is 0.313. The molecule has 1 saturated heterocycles. The van der Waals surface area contributed by atoms with Crippen LogP contribution in [0.2, 0.25) is 0 Å². The van der Waals surface area contributed by atoms with Gasteiger partial charge in [-0.25, -0.2) is 0 Å². The number of ether oxygens (including phenoxy) is 1. The van der Waals surface area contributed by atoms with Gasteiger partial charge in [-0.15, -0.1) is 0 Å². The van der Waals surface area contributed by atoms with Crippen LogP contribution in [0, 0.1) is 10.8 Å². The van der Waals surface area contributed by atoms with Crippen LogP contribution in [-0.2, 0) is 14.3 Å². The summed E-state index contributed by atoms with van der Waals surface area (Å²) < 4.78 is 4.70. The lowest BCUT2D eigenvalue weighted by Gasteiger charge is -2.44. The predicted molar refractivity (Wildman–Crippen MR) is 43.5 cm³/mol. The smallest absolute Gasteiger partial charge is 0.325 e. The van der Waals surface area contributed by atoms with Crippen LogP contribution in [0.4, 0.5) is 0 Å². The maximum atomic E-state index is 11.5. The normalized spacial score (nSPS) is 45.2. The van der Waals surface area contributed by atoms with Gasteiger partial charge in [-0.05, 0) is 12.8 Å². The summed E-state index contributed by atoms with van der Waals surface area (Å²) in [5, 5.41) is 0. The molecule has 3 nitrogen and oxygen atoms in total. The summed E-state index contributed by atoms with van der Waals surface area (Å²) in [6, 6.07) is 0. The number of carbonyl (C=O) groups excluding carboxylic acids is 2. The van der Waals surface area contributed by atoms with Gasteiger partial charge in [0.05, 0.1) is 0 Å². The SMILES string of the molecule is O=C1OC(=O)C23C=CC12CC=CC3. The van der Waals surface area contributed by atoms with Crippen molar-refractivity contribution < 1.29 is 14.3 Å². The first-order valence-corrected chi connectivity index (χ1v) is 4.33. The van der Waals surface area contributed by atoms with E-state index in [4.69, 9.17) is 4.74 Å². The molecular weight excluding hydrogens is 168 g/mol. The molecule has 2 atom stereocenters. The third-order valence-corrected chi connectivity index (χ3v) is 3.41. The van der Waals surface area contributed by atoms with E-state index in [1.807, 2.05) is 24.3 Å². The van der Waals surface area contributed by atoms with E-state index in [1.54, 1.807) is 0 Å². The van der Waals surface area contributed by atoms with Crippen LogP contribution in [0.15, 0.2) is 24.3 Å². The van der Waals surface area contributed by atoms with Crippen molar-refractivity contribution in [3.63, 3.8) is 0 Å². The van der Waals surface area contributed by atoms with Crippen LogP contribution >= 0.6 is 0 Å². The number of esters is 2. The van der Waals surface area contributed by atoms with E-state index < -0.39 is 10.8 Å². The van der Waals surface area contributed by atoms with Crippen molar-refractivity contribution in [1.29, 1.82) is 0 Å². The van der Waals surface area contributed by atoms with Crippen LogP contribution in [0.5, 0.6) is 0 Å². The zero-order chi connectivity index (χ0) is 9.10. The van der Waals surface area contributed by atoms with Crippen LogP contribution < -0.4 is 0 Å². The van der Waals surface area contributed by atoms with Crippen LogP contribution in [-0.4, -0.2) is 11.9 Å². The Hall–Kier alpha value is -1.38. The lowest BCUT2D eigenvalue weighted by Crippen LogP contribution is -2.49. The van der Waals surface area contributed by atoms with Crippen molar-refractivity contribution in [2.24, 2.45) is 10.8 Å². The Morgan fingerprint density at radius 1 is 1.00 bits per heavy atom. The zero-order valence-electron chi connectivity index (χ0n) is 6.95. The molecule has 1 fully saturated rings. The molecule has 0 aromatic carbocycles. The third kappa shape index (κ3) is 0.503. The average Bonchev–Trinajstić information content (AvgIpc) is 2.22. The van der Waals surface area contributed by atoms with Crippen LogP contribution in [0.25, 0.3) is 0 Å². The molecule has 3 rings (SSSR count). The molecule has 3 aliphatic rings. The van der Waals surface area contributed by atoms with Crippen molar-refractivity contribution in [3.05, 3.63) is 24.3 Å². The maximum absolute atomic E-state index is 11.5. The Morgan fingerprint density at radius 3 is 1.85 bits per heavy atom. The molecule has 1 heterocycles. The molecule has 13 heavy (non-hydrogen) atoms. The number of carbonyl (C=O) groups is 2. The van der Waals surface area contributed by atoms with Gasteiger partial charge in [0.15, 0.2) is 0 Å². The average molecular weight is 176 g/mol. The summed E-state index contributed by atoms with van der Waals surface area (Å²) in [4.78, 5) is 22.9. The highest BCUT2D eigenvalue weighted by Gasteiger charge is 2.70. The summed E-state index contributed by atoms with van der Waals surface area (Å²) >= 11 is 0. The highest BCUT2D eigenvalue weighted by molar-refractivity contribution is 6.07. The second-order valence-corrected chi connectivity index (χ2v) is 3.83. The van der Waals surface area contributed by atoms with Crippen LogP contribution in [0.3, 0.4) is 0 Å². The molecule has 0 spiro atoms. The summed E-state index contributed by atoms with van der Waals surface area (Å²) in [7, 11) is 0. The molecule has 0 saturated carbocycles. The standard InChI is InChI=1S/C10H8O3/c11-7-9-3-1-2-4-10(9,6-5-9)8(12)13-7/h1-2,5-6H,3-4H2. The van der Waals surface area contributed by atoms with Gasteiger partial charge < -0.3 is 4.74 Å². The van der Waals surface area contributed by atoms with Crippen molar-refractivity contribution in [2.45, 2.75) is 12.8 Å². The minimum atomic E-state index is -0.640. The highest BCUT2D eigenvalue weighted by Crippen LogP contribution is 2.62. The van der Waals surface area contributed by atoms with Gasteiger partial charge in [0.2, 0.25) is 0 Å². The van der Waals surface area contributed by atoms with Crippen molar-refractivity contribution in [1.82, 2.24) is 0 Å². The summed E-state index contributed by atoms with van der Waals surface area (Å²) in [5.41, 5.74) is -1.28. The Morgan fingerprint density at radius 2 is 1.46 bits per heavy atom. The van der Waals surface area contributed by atoms with E-state index >= 15 is 0 Å². The molecule has 0 radical (unpaired) electrons. The fourth-order valence-electron chi connectivity index (χ4n) is 2.46. The van der Waals surface area contributed by atoms with E-state index in [0.29, 0.717) is 12.8 Å². The molecule has 3 heteroatoms. The minimum Gasteiger partial charge on any atom is -0.392 e. The number of cyclic esters (lactones) is 2. The Labute approximate surface area is 75.1 Å². The third-order valence-electron chi connectivity index (χ3n) is 3.41.